The van der Waals surface area contributed by atoms with Gasteiger partial charge < -0.3 is 14.8 Å². The monoisotopic (exact) mass is 473 g/mol. The highest BCUT2D eigenvalue weighted by Crippen LogP contribution is 2.52. The number of imide groups is 1. The summed E-state index contributed by atoms with van der Waals surface area (Å²) in [6.07, 6.45) is 6.46. The molecule has 1 heterocycles. The van der Waals surface area contributed by atoms with Crippen LogP contribution >= 0.6 is 0 Å². The fourth-order valence-electron chi connectivity index (χ4n) is 5.09. The number of anilines is 1. The number of nitrogens with zero attached hydrogens (tertiary/aromatic N) is 2. The number of carbonyl (C=O) groups excluding carboxylic acids is 3. The maximum absolute atomic E-state index is 12.8. The topological polar surface area (TPSA) is 97.3 Å². The average molecular weight is 474 g/mol. The molecule has 2 fully saturated rings. The molecule has 2 aromatic rings. The highest BCUT2D eigenvalue weighted by molar-refractivity contribution is 6.06. The molecule has 8 nitrogen and oxygen atoms in total. The van der Waals surface area contributed by atoms with E-state index in [1.165, 1.54) is 6.21 Å². The van der Waals surface area contributed by atoms with E-state index < -0.39 is 0 Å². The van der Waals surface area contributed by atoms with Crippen molar-refractivity contribution in [2.75, 3.05) is 18.5 Å². The minimum atomic E-state index is -0.290. The van der Waals surface area contributed by atoms with Gasteiger partial charge in [0.25, 0.3) is 17.7 Å². The predicted molar refractivity (Wildman–Crippen MR) is 130 cm³/mol. The molecule has 1 saturated carbocycles. The quantitative estimate of drug-likeness (QED) is 0.359. The average Bonchev–Trinajstić information content (AvgIpc) is 3.53. The van der Waals surface area contributed by atoms with E-state index in [9.17, 15) is 14.4 Å². The van der Waals surface area contributed by atoms with E-state index in [1.54, 1.807) is 18.2 Å². The molecule has 8 heteroatoms. The molecule has 0 spiro atoms. The van der Waals surface area contributed by atoms with Crippen molar-refractivity contribution >= 4 is 29.6 Å². The number of nitrogens with one attached hydrogen (secondary N) is 1. The van der Waals surface area contributed by atoms with E-state index in [-0.39, 0.29) is 48.0 Å². The van der Waals surface area contributed by atoms with E-state index in [2.05, 4.69) is 22.6 Å². The first-order chi connectivity index (χ1) is 16.9. The van der Waals surface area contributed by atoms with Crippen molar-refractivity contribution in [3.63, 3.8) is 0 Å². The Morgan fingerprint density at radius 1 is 1.03 bits per heavy atom. The molecule has 0 aromatic heterocycles. The van der Waals surface area contributed by atoms with Crippen LogP contribution in [0.3, 0.4) is 0 Å². The maximum atomic E-state index is 12.8. The number of hydrogen-bond acceptors (Lipinski definition) is 6. The number of hydrazone groups is 1. The summed E-state index contributed by atoms with van der Waals surface area (Å²) in [5.74, 6) is -0.161. The van der Waals surface area contributed by atoms with Crippen molar-refractivity contribution in [1.29, 1.82) is 0 Å². The molecule has 1 aliphatic heterocycles. The van der Waals surface area contributed by atoms with Gasteiger partial charge in [-0.2, -0.15) is 10.1 Å². The van der Waals surface area contributed by atoms with Gasteiger partial charge in [-0.25, -0.2) is 0 Å². The lowest BCUT2D eigenvalue weighted by Gasteiger charge is -2.13. The Morgan fingerprint density at radius 2 is 1.71 bits per heavy atom. The van der Waals surface area contributed by atoms with E-state index >= 15 is 0 Å². The van der Waals surface area contributed by atoms with E-state index in [0.29, 0.717) is 29.4 Å². The second kappa shape index (κ2) is 9.37. The van der Waals surface area contributed by atoms with Crippen LogP contribution in [0.2, 0.25) is 0 Å². The Hall–Kier alpha value is -3.94. The van der Waals surface area contributed by atoms with Gasteiger partial charge in [0.05, 0.1) is 24.7 Å². The Bertz CT molecular complexity index is 1190. The fraction of sp³-hybridized carbons (Fsp3) is 0.333. The first kappa shape index (κ1) is 22.8. The largest absolute Gasteiger partial charge is 0.490 e. The van der Waals surface area contributed by atoms with Crippen molar-refractivity contribution in [2.45, 2.75) is 20.3 Å². The molecule has 2 aliphatic carbocycles. The van der Waals surface area contributed by atoms with Crippen molar-refractivity contribution in [2.24, 2.45) is 28.8 Å². The van der Waals surface area contributed by atoms with Crippen molar-refractivity contribution < 1.29 is 23.9 Å². The molecule has 0 radical (unpaired) electrons. The smallest absolute Gasteiger partial charge is 0.262 e. The Kier molecular flexibility index (Phi) is 6.11. The SMILES string of the molecule is CCOc1cc(C=NN2C(=O)[C@@H]3[C@H](C2=O)[C@H]2C=C[C@H]3C2)ccc1OCC(=O)Nc1ccc(C)cc1. The summed E-state index contributed by atoms with van der Waals surface area (Å²) in [6.45, 7) is 4.04. The van der Waals surface area contributed by atoms with Crippen LogP contribution in [-0.2, 0) is 14.4 Å². The van der Waals surface area contributed by atoms with Gasteiger partial charge in [0.2, 0.25) is 0 Å². The summed E-state index contributed by atoms with van der Waals surface area (Å²) in [5, 5.41) is 8.02. The molecule has 3 aliphatic rings. The van der Waals surface area contributed by atoms with E-state index in [1.807, 2.05) is 38.1 Å². The maximum Gasteiger partial charge on any atom is 0.262 e. The van der Waals surface area contributed by atoms with E-state index in [0.717, 1.165) is 17.0 Å². The second-order valence-electron chi connectivity index (χ2n) is 9.07. The third kappa shape index (κ3) is 4.43. The molecule has 180 valence electrons. The summed E-state index contributed by atoms with van der Waals surface area (Å²) in [7, 11) is 0. The van der Waals surface area contributed by atoms with Crippen LogP contribution in [0.15, 0.2) is 59.7 Å². The van der Waals surface area contributed by atoms with Crippen molar-refractivity contribution in [3.05, 3.63) is 65.7 Å². The number of benzene rings is 2. The lowest BCUT2D eigenvalue weighted by Crippen LogP contribution is -2.28. The number of allylic oxidation sites excluding steroid dienone is 2. The minimum Gasteiger partial charge on any atom is -0.490 e. The van der Waals surface area contributed by atoms with Crippen LogP contribution < -0.4 is 14.8 Å². The van der Waals surface area contributed by atoms with Gasteiger partial charge in [-0.1, -0.05) is 29.8 Å². The zero-order valence-corrected chi connectivity index (χ0v) is 19.6. The summed E-state index contributed by atoms with van der Waals surface area (Å²) in [4.78, 5) is 37.9. The predicted octanol–water partition coefficient (Wildman–Crippen LogP) is 3.55. The van der Waals surface area contributed by atoms with Gasteiger partial charge in [-0.05, 0) is 68.0 Å². The van der Waals surface area contributed by atoms with Gasteiger partial charge in [0.15, 0.2) is 18.1 Å². The second-order valence-corrected chi connectivity index (χ2v) is 9.07. The van der Waals surface area contributed by atoms with Crippen LogP contribution in [0, 0.1) is 30.6 Å². The number of ether oxygens (including phenoxy) is 2. The molecule has 1 N–H and O–H groups in total. The summed E-state index contributed by atoms with van der Waals surface area (Å²) in [6, 6.07) is 12.6. The third-order valence-corrected chi connectivity index (χ3v) is 6.73. The zero-order valence-electron chi connectivity index (χ0n) is 19.6. The van der Waals surface area contributed by atoms with Crippen LogP contribution in [0.4, 0.5) is 5.69 Å². The molecule has 2 bridgehead atoms. The lowest BCUT2D eigenvalue weighted by molar-refractivity contribution is -0.140. The summed E-state index contributed by atoms with van der Waals surface area (Å²) >= 11 is 0. The molecule has 35 heavy (non-hydrogen) atoms. The summed E-state index contributed by atoms with van der Waals surface area (Å²) < 4.78 is 11.4. The number of hydrogen-bond donors (Lipinski definition) is 1. The molecule has 1 saturated heterocycles. The van der Waals surface area contributed by atoms with Crippen molar-refractivity contribution in [1.82, 2.24) is 5.01 Å². The standard InChI is InChI=1S/C27H27N3O5/c1-3-34-22-12-17(6-11-21(22)35-15-23(31)29-20-9-4-16(2)5-10-20)14-28-30-26(32)24-18-7-8-19(13-18)25(24)27(30)33/h4-12,14,18-19,24-25H,3,13,15H2,1-2H3,(H,29,31)/t18-,19-,24-,25+/m0/s1. The molecule has 0 unspecified atom stereocenters. The zero-order chi connectivity index (χ0) is 24.5. The molecular formula is C27H27N3O5. The van der Waals surface area contributed by atoms with Crippen molar-refractivity contribution in [3.8, 4) is 11.5 Å². The highest BCUT2D eigenvalue weighted by Gasteiger charge is 2.59. The first-order valence-electron chi connectivity index (χ1n) is 11.8. The molecular weight excluding hydrogens is 446 g/mol. The van der Waals surface area contributed by atoms with Gasteiger partial charge in [-0.3, -0.25) is 14.4 Å². The summed E-state index contributed by atoms with van der Waals surface area (Å²) in [5.41, 5.74) is 2.44. The number of rotatable bonds is 8. The lowest BCUT2D eigenvalue weighted by atomic mass is 9.85. The molecule has 4 atom stereocenters. The Morgan fingerprint density at radius 3 is 2.37 bits per heavy atom. The fourth-order valence-corrected chi connectivity index (χ4v) is 5.09. The van der Waals surface area contributed by atoms with Gasteiger partial charge in [-0.15, -0.1) is 0 Å². The van der Waals surface area contributed by atoms with Crippen LogP contribution in [0.25, 0.3) is 0 Å². The first-order valence-corrected chi connectivity index (χ1v) is 11.8. The van der Waals surface area contributed by atoms with Gasteiger partial charge in [0.1, 0.15) is 0 Å². The number of amides is 3. The molecule has 2 aromatic carbocycles. The Labute approximate surface area is 203 Å². The highest BCUT2D eigenvalue weighted by atomic mass is 16.5. The Balaban J connectivity index is 1.24. The molecule has 3 amide bonds. The minimum absolute atomic E-state index is 0.144. The number of aryl methyl sites for hydroxylation is 1. The number of carbonyl (C=O) groups is 3. The molecule has 5 rings (SSSR count). The van der Waals surface area contributed by atoms with Gasteiger partial charge >= 0.3 is 0 Å². The third-order valence-electron chi connectivity index (χ3n) is 6.73. The van der Waals surface area contributed by atoms with Crippen LogP contribution in [0.5, 0.6) is 11.5 Å². The van der Waals surface area contributed by atoms with Crippen LogP contribution in [-0.4, -0.2) is 42.2 Å². The number of fused-ring (bicyclic) bond motifs is 5. The van der Waals surface area contributed by atoms with Crippen LogP contribution in [0.1, 0.15) is 24.5 Å². The van der Waals surface area contributed by atoms with E-state index in [4.69, 9.17) is 9.47 Å². The normalized spacial score (nSPS) is 24.3. The van der Waals surface area contributed by atoms with Gasteiger partial charge in [0, 0.05) is 5.69 Å².